The first-order chi connectivity index (χ1) is 11.1. The van der Waals surface area contributed by atoms with E-state index >= 15 is 0 Å². The maximum atomic E-state index is 12.6. The minimum absolute atomic E-state index is 0.226. The number of ether oxygens (including phenoxy) is 1. The summed E-state index contributed by atoms with van der Waals surface area (Å²) in [5, 5.41) is 0. The van der Waals surface area contributed by atoms with Gasteiger partial charge in [-0.05, 0) is 31.7 Å². The van der Waals surface area contributed by atoms with Gasteiger partial charge in [-0.15, -0.1) is 0 Å². The van der Waals surface area contributed by atoms with Crippen molar-refractivity contribution < 1.29 is 14.3 Å². The number of imide groups is 1. The Kier molecular flexibility index (Phi) is 6.39. The first-order valence-corrected chi connectivity index (χ1v) is 8.34. The Morgan fingerprint density at radius 2 is 2.04 bits per heavy atom. The zero-order valence-corrected chi connectivity index (χ0v) is 14.0. The van der Waals surface area contributed by atoms with Crippen LogP contribution >= 0.6 is 0 Å². The number of benzene rings is 1. The molecule has 0 spiro atoms. The molecule has 0 radical (unpaired) electrons. The molecule has 0 aromatic heterocycles. The lowest BCUT2D eigenvalue weighted by atomic mass is 10.0. The number of carbonyl (C=O) groups excluding carboxylic acids is 2. The molecule has 124 valence electrons. The average molecular weight is 315 g/mol. The minimum atomic E-state index is -0.530. The van der Waals surface area contributed by atoms with E-state index in [1.165, 1.54) is 4.90 Å². The van der Waals surface area contributed by atoms with Gasteiger partial charge in [0.1, 0.15) is 6.61 Å². The van der Waals surface area contributed by atoms with Crippen molar-refractivity contribution in [3.63, 3.8) is 0 Å². The van der Waals surface area contributed by atoms with Crippen molar-refractivity contribution in [3.8, 4) is 0 Å². The summed E-state index contributed by atoms with van der Waals surface area (Å²) >= 11 is 0. The number of nitrogens with zero attached hydrogens (tertiary/aromatic N) is 1. The van der Waals surface area contributed by atoms with Crippen molar-refractivity contribution in [1.29, 1.82) is 0 Å². The van der Waals surface area contributed by atoms with E-state index in [2.05, 4.69) is 6.92 Å². The molecule has 1 fully saturated rings. The van der Waals surface area contributed by atoms with E-state index in [9.17, 15) is 9.59 Å². The summed E-state index contributed by atoms with van der Waals surface area (Å²) in [6, 6.07) is 9.64. The highest BCUT2D eigenvalue weighted by atomic mass is 16.6. The van der Waals surface area contributed by atoms with Crippen LogP contribution in [0.1, 0.15) is 45.1 Å². The van der Waals surface area contributed by atoms with Crippen LogP contribution in [0.2, 0.25) is 0 Å². The molecule has 1 aromatic carbocycles. The van der Waals surface area contributed by atoms with Gasteiger partial charge >= 0.3 is 6.09 Å². The third kappa shape index (κ3) is 4.68. The van der Waals surface area contributed by atoms with Gasteiger partial charge in [0.25, 0.3) is 5.91 Å². The van der Waals surface area contributed by atoms with Gasteiger partial charge in [-0.3, -0.25) is 4.79 Å². The standard InChI is InChI=1S/C19H25NO3/c1-3-4-5-7-10-15(2)18(21)20-17(14-23-19(20)22)13-16-11-8-6-9-12-16/h6,8-12,17H,3-5,7,13-14H2,1-2H3/t17-/m1/s1. The lowest BCUT2D eigenvalue weighted by Crippen LogP contribution is -2.40. The molecule has 1 atom stereocenters. The number of carbonyl (C=O) groups is 2. The molecule has 1 heterocycles. The fourth-order valence-corrected chi connectivity index (χ4v) is 2.74. The van der Waals surface area contributed by atoms with Crippen LogP contribution in [0.15, 0.2) is 42.0 Å². The van der Waals surface area contributed by atoms with Crippen LogP contribution in [0.5, 0.6) is 0 Å². The SMILES string of the molecule is CCCCCC=C(C)C(=O)N1C(=O)OC[C@H]1Cc1ccccc1. The molecule has 0 unspecified atom stereocenters. The third-order valence-electron chi connectivity index (χ3n) is 4.09. The van der Waals surface area contributed by atoms with E-state index in [0.29, 0.717) is 12.0 Å². The lowest BCUT2D eigenvalue weighted by molar-refractivity contribution is -0.125. The Morgan fingerprint density at radius 3 is 2.74 bits per heavy atom. The summed E-state index contributed by atoms with van der Waals surface area (Å²) in [6.07, 6.45) is 6.28. The predicted molar refractivity (Wildman–Crippen MR) is 90.0 cm³/mol. The third-order valence-corrected chi connectivity index (χ3v) is 4.09. The number of allylic oxidation sites excluding steroid dienone is 1. The molecular weight excluding hydrogens is 290 g/mol. The fraction of sp³-hybridized carbons (Fsp3) is 0.474. The average Bonchev–Trinajstić information content (AvgIpc) is 2.92. The van der Waals surface area contributed by atoms with Crippen molar-refractivity contribution in [3.05, 3.63) is 47.5 Å². The highest BCUT2D eigenvalue weighted by Crippen LogP contribution is 2.20. The molecule has 4 nitrogen and oxygen atoms in total. The Bertz CT molecular complexity index is 565. The number of cyclic esters (lactones) is 1. The number of hydrogen-bond donors (Lipinski definition) is 0. The molecule has 2 rings (SSSR count). The van der Waals surface area contributed by atoms with Crippen LogP contribution in [0, 0.1) is 0 Å². The molecule has 4 heteroatoms. The van der Waals surface area contributed by atoms with Gasteiger partial charge in [-0.25, -0.2) is 9.69 Å². The van der Waals surface area contributed by atoms with Crippen molar-refractivity contribution in [1.82, 2.24) is 4.90 Å². The molecule has 1 aliphatic rings. The van der Waals surface area contributed by atoms with Crippen LogP contribution in [-0.4, -0.2) is 29.5 Å². The van der Waals surface area contributed by atoms with Gasteiger partial charge in [0, 0.05) is 5.57 Å². The summed E-state index contributed by atoms with van der Waals surface area (Å²) in [7, 11) is 0. The van der Waals surface area contributed by atoms with Crippen LogP contribution in [0.4, 0.5) is 4.79 Å². The Hall–Kier alpha value is -2.10. The Labute approximate surface area is 138 Å². The van der Waals surface area contributed by atoms with Gasteiger partial charge in [0.2, 0.25) is 0 Å². The summed E-state index contributed by atoms with van der Waals surface area (Å²) in [5.41, 5.74) is 1.72. The monoisotopic (exact) mass is 315 g/mol. The highest BCUT2D eigenvalue weighted by Gasteiger charge is 2.38. The second kappa shape index (κ2) is 8.51. The van der Waals surface area contributed by atoms with E-state index in [1.54, 1.807) is 6.92 Å². The maximum Gasteiger partial charge on any atom is 0.417 e. The molecule has 0 saturated carbocycles. The van der Waals surface area contributed by atoms with Gasteiger partial charge in [0.15, 0.2) is 0 Å². The molecule has 1 aliphatic heterocycles. The topological polar surface area (TPSA) is 46.6 Å². The summed E-state index contributed by atoms with van der Waals surface area (Å²) < 4.78 is 5.10. The fourth-order valence-electron chi connectivity index (χ4n) is 2.74. The smallest absolute Gasteiger partial charge is 0.417 e. The van der Waals surface area contributed by atoms with Crippen molar-refractivity contribution >= 4 is 12.0 Å². The summed E-state index contributed by atoms with van der Waals surface area (Å²) in [6.45, 7) is 4.19. The highest BCUT2D eigenvalue weighted by molar-refractivity contribution is 6.03. The van der Waals surface area contributed by atoms with Gasteiger partial charge in [-0.2, -0.15) is 0 Å². The largest absolute Gasteiger partial charge is 0.447 e. The lowest BCUT2D eigenvalue weighted by Gasteiger charge is -2.20. The first kappa shape index (κ1) is 17.3. The molecule has 0 bridgehead atoms. The normalized spacial score (nSPS) is 18.2. The second-order valence-corrected chi connectivity index (χ2v) is 5.98. The summed E-state index contributed by atoms with van der Waals surface area (Å²) in [5.74, 6) is -0.232. The van der Waals surface area contributed by atoms with Crippen molar-refractivity contribution in [2.24, 2.45) is 0 Å². The number of rotatable bonds is 7. The second-order valence-electron chi connectivity index (χ2n) is 5.98. The number of hydrogen-bond acceptors (Lipinski definition) is 3. The molecule has 2 amide bonds. The van der Waals surface area contributed by atoms with E-state index in [0.717, 1.165) is 31.2 Å². The molecule has 0 N–H and O–H groups in total. The molecule has 23 heavy (non-hydrogen) atoms. The van der Waals surface area contributed by atoms with Gasteiger partial charge < -0.3 is 4.74 Å². The zero-order valence-electron chi connectivity index (χ0n) is 14.0. The van der Waals surface area contributed by atoms with Crippen LogP contribution in [0.3, 0.4) is 0 Å². The van der Waals surface area contributed by atoms with Crippen molar-refractivity contribution in [2.75, 3.05) is 6.61 Å². The van der Waals surface area contributed by atoms with Gasteiger partial charge in [-0.1, -0.05) is 56.2 Å². The summed E-state index contributed by atoms with van der Waals surface area (Å²) in [4.78, 5) is 25.8. The van der Waals surface area contributed by atoms with Crippen LogP contribution < -0.4 is 0 Å². The van der Waals surface area contributed by atoms with E-state index in [-0.39, 0.29) is 18.6 Å². The minimum Gasteiger partial charge on any atom is -0.447 e. The van der Waals surface area contributed by atoms with E-state index in [1.807, 2.05) is 36.4 Å². The van der Waals surface area contributed by atoms with Crippen molar-refractivity contribution in [2.45, 2.75) is 52.0 Å². The Balaban J connectivity index is 2.02. The van der Waals surface area contributed by atoms with E-state index < -0.39 is 6.09 Å². The quantitative estimate of drug-likeness (QED) is 0.562. The maximum absolute atomic E-state index is 12.6. The zero-order chi connectivity index (χ0) is 16.7. The number of amides is 2. The number of unbranched alkanes of at least 4 members (excludes halogenated alkanes) is 3. The van der Waals surface area contributed by atoms with Crippen LogP contribution in [0.25, 0.3) is 0 Å². The molecule has 1 saturated heterocycles. The van der Waals surface area contributed by atoms with E-state index in [4.69, 9.17) is 4.74 Å². The molecule has 0 aliphatic carbocycles. The Morgan fingerprint density at radius 1 is 1.30 bits per heavy atom. The molecule has 1 aromatic rings. The molecular formula is C19H25NO3. The van der Waals surface area contributed by atoms with Crippen LogP contribution in [-0.2, 0) is 16.0 Å². The first-order valence-electron chi connectivity index (χ1n) is 8.34. The van der Waals surface area contributed by atoms with Gasteiger partial charge in [0.05, 0.1) is 6.04 Å². The predicted octanol–water partition coefficient (Wildman–Crippen LogP) is 4.10.